The number of carbonyl (C=O) groups is 1. The van der Waals surface area contributed by atoms with Gasteiger partial charge in [0.25, 0.3) is 0 Å². The van der Waals surface area contributed by atoms with E-state index in [2.05, 4.69) is 28.7 Å². The van der Waals surface area contributed by atoms with Crippen LogP contribution in [0.4, 0.5) is 4.79 Å². The van der Waals surface area contributed by atoms with Gasteiger partial charge >= 0.3 is 6.03 Å². The standard InChI is InChI=1S/C18H18N2O/c1-2-13-19-18(21)20-17(16-11-7-4-8-12-16)14-15-9-5-3-6-10-15/h1,3-12,17H,13-14H2,(H2,19,20,21)/t17-/m1/s1. The van der Waals surface area contributed by atoms with Gasteiger partial charge in [0.1, 0.15) is 0 Å². The molecule has 2 aromatic carbocycles. The fourth-order valence-corrected chi connectivity index (χ4v) is 2.13. The molecule has 0 heterocycles. The van der Waals surface area contributed by atoms with Gasteiger partial charge in [-0.1, -0.05) is 66.6 Å². The molecular weight excluding hydrogens is 260 g/mol. The van der Waals surface area contributed by atoms with Crippen LogP contribution in [0, 0.1) is 12.3 Å². The Bertz CT molecular complexity index is 602. The third-order valence-corrected chi connectivity index (χ3v) is 3.14. The van der Waals surface area contributed by atoms with Crippen LogP contribution in [0.5, 0.6) is 0 Å². The van der Waals surface area contributed by atoms with Crippen LogP contribution in [-0.4, -0.2) is 12.6 Å². The number of hydrogen-bond donors (Lipinski definition) is 2. The van der Waals surface area contributed by atoms with Gasteiger partial charge in [0, 0.05) is 0 Å². The number of terminal acetylenes is 1. The Morgan fingerprint density at radius 3 is 2.29 bits per heavy atom. The molecule has 2 amide bonds. The van der Waals surface area contributed by atoms with E-state index >= 15 is 0 Å². The van der Waals surface area contributed by atoms with Crippen molar-refractivity contribution in [2.24, 2.45) is 0 Å². The molecule has 2 aromatic rings. The Labute approximate surface area is 125 Å². The van der Waals surface area contributed by atoms with Crippen LogP contribution in [0.2, 0.25) is 0 Å². The van der Waals surface area contributed by atoms with Gasteiger partial charge < -0.3 is 10.6 Å². The minimum absolute atomic E-state index is 0.0913. The van der Waals surface area contributed by atoms with Crippen LogP contribution >= 0.6 is 0 Å². The van der Waals surface area contributed by atoms with E-state index in [0.717, 1.165) is 12.0 Å². The van der Waals surface area contributed by atoms with Gasteiger partial charge in [-0.2, -0.15) is 0 Å². The topological polar surface area (TPSA) is 41.1 Å². The highest BCUT2D eigenvalue weighted by Crippen LogP contribution is 2.18. The Morgan fingerprint density at radius 1 is 1.05 bits per heavy atom. The highest BCUT2D eigenvalue weighted by molar-refractivity contribution is 5.74. The molecule has 0 aliphatic rings. The molecule has 0 unspecified atom stereocenters. The third kappa shape index (κ3) is 4.70. The average molecular weight is 278 g/mol. The van der Waals surface area contributed by atoms with Crippen LogP contribution in [-0.2, 0) is 6.42 Å². The van der Waals surface area contributed by atoms with E-state index in [1.165, 1.54) is 5.56 Å². The SMILES string of the molecule is C#CCNC(=O)N[C@H](Cc1ccccc1)c1ccccc1. The van der Waals surface area contributed by atoms with E-state index in [0.29, 0.717) is 0 Å². The second kappa shape index (κ2) is 7.76. The average Bonchev–Trinajstić information content (AvgIpc) is 2.54. The number of rotatable bonds is 5. The van der Waals surface area contributed by atoms with Crippen molar-refractivity contribution in [3.63, 3.8) is 0 Å². The van der Waals surface area contributed by atoms with Gasteiger partial charge in [-0.05, 0) is 17.5 Å². The van der Waals surface area contributed by atoms with Gasteiger partial charge in [-0.3, -0.25) is 0 Å². The van der Waals surface area contributed by atoms with Crippen molar-refractivity contribution < 1.29 is 4.79 Å². The maximum atomic E-state index is 11.9. The van der Waals surface area contributed by atoms with Gasteiger partial charge in [0.15, 0.2) is 0 Å². The van der Waals surface area contributed by atoms with Crippen LogP contribution in [0.25, 0.3) is 0 Å². The van der Waals surface area contributed by atoms with Crippen molar-refractivity contribution in [2.75, 3.05) is 6.54 Å². The Hall–Kier alpha value is -2.73. The number of hydrogen-bond acceptors (Lipinski definition) is 1. The lowest BCUT2D eigenvalue weighted by molar-refractivity contribution is 0.238. The fraction of sp³-hybridized carbons (Fsp3) is 0.167. The van der Waals surface area contributed by atoms with Crippen molar-refractivity contribution in [1.82, 2.24) is 10.6 Å². The first-order chi connectivity index (χ1) is 10.3. The molecule has 1 atom stereocenters. The predicted molar refractivity (Wildman–Crippen MR) is 84.7 cm³/mol. The molecule has 0 radical (unpaired) electrons. The number of carbonyl (C=O) groups excluding carboxylic acids is 1. The molecule has 21 heavy (non-hydrogen) atoms. The lowest BCUT2D eigenvalue weighted by atomic mass is 9.99. The third-order valence-electron chi connectivity index (χ3n) is 3.14. The number of amides is 2. The summed E-state index contributed by atoms with van der Waals surface area (Å²) in [5.41, 5.74) is 2.24. The van der Waals surface area contributed by atoms with Crippen molar-refractivity contribution in [1.29, 1.82) is 0 Å². The summed E-state index contributed by atoms with van der Waals surface area (Å²) < 4.78 is 0. The molecule has 0 fully saturated rings. The fourth-order valence-electron chi connectivity index (χ4n) is 2.13. The minimum Gasteiger partial charge on any atom is -0.331 e. The number of benzene rings is 2. The lowest BCUT2D eigenvalue weighted by Crippen LogP contribution is -2.38. The highest BCUT2D eigenvalue weighted by atomic mass is 16.2. The van der Waals surface area contributed by atoms with E-state index in [1.54, 1.807) is 0 Å². The summed E-state index contributed by atoms with van der Waals surface area (Å²) in [5.74, 6) is 2.39. The second-order valence-corrected chi connectivity index (χ2v) is 4.68. The van der Waals surface area contributed by atoms with E-state index < -0.39 is 0 Å². The van der Waals surface area contributed by atoms with Gasteiger partial charge in [0.05, 0.1) is 12.6 Å². The van der Waals surface area contributed by atoms with Crippen molar-refractivity contribution in [3.8, 4) is 12.3 Å². The molecular formula is C18H18N2O. The monoisotopic (exact) mass is 278 g/mol. The summed E-state index contributed by atoms with van der Waals surface area (Å²) in [5, 5.41) is 5.60. The summed E-state index contributed by atoms with van der Waals surface area (Å²) in [6.45, 7) is 0.221. The molecule has 106 valence electrons. The second-order valence-electron chi connectivity index (χ2n) is 4.68. The first-order valence-electron chi connectivity index (χ1n) is 6.86. The van der Waals surface area contributed by atoms with Crippen LogP contribution in [0.3, 0.4) is 0 Å². The van der Waals surface area contributed by atoms with Crippen LogP contribution < -0.4 is 10.6 Å². The molecule has 3 nitrogen and oxygen atoms in total. The molecule has 0 aliphatic heterocycles. The summed E-state index contributed by atoms with van der Waals surface area (Å²) in [7, 11) is 0. The minimum atomic E-state index is -0.252. The number of nitrogens with one attached hydrogen (secondary N) is 2. The van der Waals surface area contributed by atoms with E-state index in [4.69, 9.17) is 6.42 Å². The molecule has 0 saturated heterocycles. The van der Waals surface area contributed by atoms with Crippen LogP contribution in [0.1, 0.15) is 17.2 Å². The van der Waals surface area contributed by atoms with Crippen molar-refractivity contribution in [3.05, 3.63) is 71.8 Å². The molecule has 3 heteroatoms. The summed E-state index contributed by atoms with van der Waals surface area (Å²) in [6, 6.07) is 19.6. The number of urea groups is 1. The summed E-state index contributed by atoms with van der Waals surface area (Å²) in [4.78, 5) is 11.9. The summed E-state index contributed by atoms with van der Waals surface area (Å²) >= 11 is 0. The maximum absolute atomic E-state index is 11.9. The van der Waals surface area contributed by atoms with Gasteiger partial charge in [-0.25, -0.2) is 4.79 Å². The predicted octanol–water partition coefficient (Wildman–Crippen LogP) is 2.90. The van der Waals surface area contributed by atoms with E-state index in [-0.39, 0.29) is 18.6 Å². The Balaban J connectivity index is 2.11. The summed E-state index contributed by atoms with van der Waals surface area (Å²) in [6.07, 6.45) is 5.88. The molecule has 0 bridgehead atoms. The zero-order chi connectivity index (χ0) is 14.9. The first-order valence-corrected chi connectivity index (χ1v) is 6.86. The first kappa shape index (κ1) is 14.7. The Kier molecular flexibility index (Phi) is 5.42. The van der Waals surface area contributed by atoms with Crippen LogP contribution in [0.15, 0.2) is 60.7 Å². The molecule has 2 N–H and O–H groups in total. The molecule has 0 spiro atoms. The van der Waals surface area contributed by atoms with Crippen molar-refractivity contribution in [2.45, 2.75) is 12.5 Å². The zero-order valence-corrected chi connectivity index (χ0v) is 11.8. The molecule has 2 rings (SSSR count). The van der Waals surface area contributed by atoms with E-state index in [1.807, 2.05) is 48.5 Å². The molecule has 0 saturated carbocycles. The Morgan fingerprint density at radius 2 is 1.67 bits per heavy atom. The molecule has 0 aromatic heterocycles. The molecule has 0 aliphatic carbocycles. The zero-order valence-electron chi connectivity index (χ0n) is 11.8. The van der Waals surface area contributed by atoms with Gasteiger partial charge in [-0.15, -0.1) is 6.42 Å². The van der Waals surface area contributed by atoms with Gasteiger partial charge in [0.2, 0.25) is 0 Å². The van der Waals surface area contributed by atoms with E-state index in [9.17, 15) is 4.79 Å². The maximum Gasteiger partial charge on any atom is 0.316 e. The quantitative estimate of drug-likeness (QED) is 0.811. The normalized spacial score (nSPS) is 11.2. The smallest absolute Gasteiger partial charge is 0.316 e. The highest BCUT2D eigenvalue weighted by Gasteiger charge is 2.14. The lowest BCUT2D eigenvalue weighted by Gasteiger charge is -2.19. The largest absolute Gasteiger partial charge is 0.331 e. The van der Waals surface area contributed by atoms with Crippen molar-refractivity contribution >= 4 is 6.03 Å².